The fourth-order valence-corrected chi connectivity index (χ4v) is 3.73. The minimum absolute atomic E-state index is 0.126. The van der Waals surface area contributed by atoms with Crippen molar-refractivity contribution in [3.63, 3.8) is 0 Å². The van der Waals surface area contributed by atoms with Crippen molar-refractivity contribution in [2.75, 3.05) is 4.90 Å². The van der Waals surface area contributed by atoms with Crippen LogP contribution >= 0.6 is 15.9 Å². The third-order valence-corrected chi connectivity index (χ3v) is 4.79. The summed E-state index contributed by atoms with van der Waals surface area (Å²) in [5, 5.41) is 2.99. The van der Waals surface area contributed by atoms with Crippen LogP contribution in [0.1, 0.15) is 24.9 Å². The third kappa shape index (κ3) is 2.28. The fourth-order valence-electron chi connectivity index (χ4n) is 3.35. The minimum atomic E-state index is -0.860. The first-order valence-corrected chi connectivity index (χ1v) is 8.10. The standard InChI is InChI=1S/C17H14BrFN2O2/c1-17-9-14(13-7-10(18)5-6-15(13)23-17)20-16(22)21(17)12-4-2-3-11(19)8-12/h2-8,14H,9H2,1H3,(H,20,22)/t14-,17-/m0/s1. The number of hydrogen-bond donors (Lipinski definition) is 1. The van der Waals surface area contributed by atoms with Crippen LogP contribution in [0, 0.1) is 5.82 Å². The molecule has 1 N–H and O–H groups in total. The second kappa shape index (κ2) is 4.96. The molecule has 0 spiro atoms. The molecule has 0 saturated carbocycles. The lowest BCUT2D eigenvalue weighted by Crippen LogP contribution is -2.65. The first-order valence-electron chi connectivity index (χ1n) is 7.31. The average molecular weight is 377 g/mol. The van der Waals surface area contributed by atoms with E-state index in [4.69, 9.17) is 4.74 Å². The Kier molecular flexibility index (Phi) is 3.13. The van der Waals surface area contributed by atoms with Gasteiger partial charge in [0.2, 0.25) is 0 Å². The van der Waals surface area contributed by atoms with Crippen molar-refractivity contribution in [1.82, 2.24) is 5.32 Å². The number of amides is 2. The van der Waals surface area contributed by atoms with Crippen molar-refractivity contribution in [3.8, 4) is 5.75 Å². The van der Waals surface area contributed by atoms with Crippen molar-refractivity contribution in [2.24, 2.45) is 0 Å². The summed E-state index contributed by atoms with van der Waals surface area (Å²) in [4.78, 5) is 14.1. The normalized spacial score (nSPS) is 25.4. The van der Waals surface area contributed by atoms with Crippen LogP contribution in [0.5, 0.6) is 5.75 Å². The largest absolute Gasteiger partial charge is 0.467 e. The highest BCUT2D eigenvalue weighted by molar-refractivity contribution is 9.10. The number of carbonyl (C=O) groups excluding carboxylic acids is 1. The van der Waals surface area contributed by atoms with E-state index in [1.807, 2.05) is 25.1 Å². The summed E-state index contributed by atoms with van der Waals surface area (Å²) in [6, 6.07) is 11.3. The average Bonchev–Trinajstić information content (AvgIpc) is 2.47. The maximum atomic E-state index is 13.6. The number of urea groups is 1. The van der Waals surface area contributed by atoms with Gasteiger partial charge in [-0.05, 0) is 43.3 Å². The van der Waals surface area contributed by atoms with Crippen LogP contribution in [-0.4, -0.2) is 11.8 Å². The predicted molar refractivity (Wildman–Crippen MR) is 87.9 cm³/mol. The van der Waals surface area contributed by atoms with E-state index in [1.165, 1.54) is 17.0 Å². The summed E-state index contributed by atoms with van der Waals surface area (Å²) in [5.74, 6) is 0.342. The van der Waals surface area contributed by atoms with Gasteiger partial charge in [0.25, 0.3) is 0 Å². The number of nitrogens with one attached hydrogen (secondary N) is 1. The van der Waals surface area contributed by atoms with Crippen LogP contribution in [-0.2, 0) is 0 Å². The van der Waals surface area contributed by atoms with E-state index in [1.54, 1.807) is 12.1 Å². The van der Waals surface area contributed by atoms with Crippen LogP contribution < -0.4 is 15.0 Å². The molecule has 2 aliphatic heterocycles. The summed E-state index contributed by atoms with van der Waals surface area (Å²) in [6.07, 6.45) is 0.582. The Balaban J connectivity index is 1.81. The van der Waals surface area contributed by atoms with E-state index in [0.29, 0.717) is 12.1 Å². The van der Waals surface area contributed by atoms with Crippen molar-refractivity contribution in [3.05, 3.63) is 58.3 Å². The molecule has 4 nitrogen and oxygen atoms in total. The number of benzene rings is 2. The Hall–Kier alpha value is -2.08. The molecular formula is C17H14BrFN2O2. The van der Waals surface area contributed by atoms with Crippen LogP contribution in [0.25, 0.3) is 0 Å². The molecular weight excluding hydrogens is 363 g/mol. The minimum Gasteiger partial charge on any atom is -0.467 e. The van der Waals surface area contributed by atoms with Crippen molar-refractivity contribution in [2.45, 2.75) is 25.1 Å². The lowest BCUT2D eigenvalue weighted by molar-refractivity contribution is 0.0378. The molecule has 4 rings (SSSR count). The van der Waals surface area contributed by atoms with E-state index in [9.17, 15) is 9.18 Å². The second-order valence-corrected chi connectivity index (χ2v) is 6.90. The fraction of sp³-hybridized carbons (Fsp3) is 0.235. The molecule has 0 radical (unpaired) electrons. The molecule has 2 aliphatic rings. The second-order valence-electron chi connectivity index (χ2n) is 5.98. The van der Waals surface area contributed by atoms with Crippen molar-refractivity contribution >= 4 is 27.6 Å². The molecule has 2 aromatic rings. The first-order chi connectivity index (χ1) is 11.0. The molecule has 0 unspecified atom stereocenters. The van der Waals surface area contributed by atoms with Crippen LogP contribution in [0.15, 0.2) is 46.9 Å². The van der Waals surface area contributed by atoms with Gasteiger partial charge in [0.1, 0.15) is 11.6 Å². The molecule has 23 heavy (non-hydrogen) atoms. The number of carbonyl (C=O) groups is 1. The van der Waals surface area contributed by atoms with E-state index in [0.717, 1.165) is 15.8 Å². The van der Waals surface area contributed by atoms with Crippen LogP contribution in [0.4, 0.5) is 14.9 Å². The van der Waals surface area contributed by atoms with E-state index in [-0.39, 0.29) is 17.9 Å². The Bertz CT molecular complexity index is 813. The van der Waals surface area contributed by atoms with Gasteiger partial charge in [0.05, 0.1) is 11.7 Å². The Morgan fingerprint density at radius 3 is 2.96 bits per heavy atom. The highest BCUT2D eigenvalue weighted by atomic mass is 79.9. The number of ether oxygens (including phenoxy) is 1. The Morgan fingerprint density at radius 1 is 1.35 bits per heavy atom. The monoisotopic (exact) mass is 376 g/mol. The molecule has 2 amide bonds. The van der Waals surface area contributed by atoms with Crippen molar-refractivity contribution in [1.29, 1.82) is 0 Å². The molecule has 6 heteroatoms. The van der Waals surface area contributed by atoms with Gasteiger partial charge >= 0.3 is 6.03 Å². The predicted octanol–water partition coefficient (Wildman–Crippen LogP) is 4.36. The molecule has 0 aliphatic carbocycles. The zero-order valence-corrected chi connectivity index (χ0v) is 13.9. The maximum Gasteiger partial charge on any atom is 0.325 e. The Morgan fingerprint density at radius 2 is 2.17 bits per heavy atom. The number of rotatable bonds is 1. The summed E-state index contributed by atoms with van der Waals surface area (Å²) in [6.45, 7) is 1.86. The lowest BCUT2D eigenvalue weighted by atomic mass is 9.90. The first kappa shape index (κ1) is 14.5. The van der Waals surface area contributed by atoms with Gasteiger partial charge in [-0.25, -0.2) is 9.18 Å². The van der Waals surface area contributed by atoms with Gasteiger partial charge in [-0.1, -0.05) is 22.0 Å². The SMILES string of the molecule is C[C@]12C[C@H](NC(=O)N1c1cccc(F)c1)c1cc(Br)ccc1O2. The topological polar surface area (TPSA) is 41.6 Å². The zero-order valence-electron chi connectivity index (χ0n) is 12.3. The number of anilines is 1. The molecule has 0 aromatic heterocycles. The zero-order chi connectivity index (χ0) is 16.2. The molecule has 1 fully saturated rings. The Labute approximate surface area is 141 Å². The summed E-state index contributed by atoms with van der Waals surface area (Å²) >= 11 is 3.44. The molecule has 2 aromatic carbocycles. The third-order valence-electron chi connectivity index (χ3n) is 4.30. The maximum absolute atomic E-state index is 13.6. The number of halogens is 2. The molecule has 2 bridgehead atoms. The quantitative estimate of drug-likeness (QED) is 0.803. The van der Waals surface area contributed by atoms with Crippen molar-refractivity contribution < 1.29 is 13.9 Å². The number of nitrogens with zero attached hydrogens (tertiary/aromatic N) is 1. The van der Waals surface area contributed by atoms with Crippen LogP contribution in [0.3, 0.4) is 0 Å². The van der Waals surface area contributed by atoms with Gasteiger partial charge in [-0.15, -0.1) is 0 Å². The number of hydrogen-bond acceptors (Lipinski definition) is 2. The van der Waals surface area contributed by atoms with Crippen LogP contribution in [0.2, 0.25) is 0 Å². The highest BCUT2D eigenvalue weighted by Crippen LogP contribution is 2.46. The van der Waals surface area contributed by atoms with Gasteiger partial charge < -0.3 is 10.1 Å². The summed E-state index contributed by atoms with van der Waals surface area (Å²) < 4.78 is 20.7. The highest BCUT2D eigenvalue weighted by Gasteiger charge is 2.49. The smallest absolute Gasteiger partial charge is 0.325 e. The lowest BCUT2D eigenvalue weighted by Gasteiger charge is -2.50. The van der Waals surface area contributed by atoms with Gasteiger partial charge in [-0.2, -0.15) is 0 Å². The van der Waals surface area contributed by atoms with Gasteiger partial charge in [0.15, 0.2) is 5.72 Å². The molecule has 118 valence electrons. The molecule has 2 heterocycles. The van der Waals surface area contributed by atoms with E-state index in [2.05, 4.69) is 21.2 Å². The molecule has 2 atom stereocenters. The van der Waals surface area contributed by atoms with E-state index < -0.39 is 5.72 Å². The molecule has 1 saturated heterocycles. The van der Waals surface area contributed by atoms with Gasteiger partial charge in [0, 0.05) is 16.5 Å². The summed E-state index contributed by atoms with van der Waals surface area (Å²) in [5.41, 5.74) is 0.565. The number of fused-ring (bicyclic) bond motifs is 4. The summed E-state index contributed by atoms with van der Waals surface area (Å²) in [7, 11) is 0. The van der Waals surface area contributed by atoms with Gasteiger partial charge in [-0.3, -0.25) is 4.90 Å². The van der Waals surface area contributed by atoms with E-state index >= 15 is 0 Å².